The van der Waals surface area contributed by atoms with Crippen molar-refractivity contribution in [3.8, 4) is 0 Å². The Morgan fingerprint density at radius 2 is 2.33 bits per heavy atom. The second-order valence-electron chi connectivity index (χ2n) is 4.64. The van der Waals surface area contributed by atoms with Crippen LogP contribution >= 0.6 is 0 Å². The third kappa shape index (κ3) is 1.59. The summed E-state index contributed by atoms with van der Waals surface area (Å²) >= 11 is 0. The first-order chi connectivity index (χ1) is 7.33. The maximum Gasteiger partial charge on any atom is 0.0372 e. The molecule has 3 rings (SSSR count). The number of pyridine rings is 1. The summed E-state index contributed by atoms with van der Waals surface area (Å²) in [5, 5.41) is 3.42. The maximum atomic E-state index is 4.37. The van der Waals surface area contributed by atoms with Crippen LogP contribution in [-0.2, 0) is 0 Å². The van der Waals surface area contributed by atoms with Crippen LogP contribution in [0.15, 0.2) is 30.0 Å². The molecule has 0 radical (unpaired) electrons. The Bertz CT molecular complexity index is 392. The van der Waals surface area contributed by atoms with Gasteiger partial charge in [0.15, 0.2) is 0 Å². The highest BCUT2D eigenvalue weighted by Gasteiger charge is 2.30. The van der Waals surface area contributed by atoms with Crippen molar-refractivity contribution in [1.29, 1.82) is 0 Å². The quantitative estimate of drug-likeness (QED) is 0.702. The number of aryl methyl sites for hydroxylation is 1. The van der Waals surface area contributed by atoms with Crippen molar-refractivity contribution in [3.63, 3.8) is 0 Å². The standard InChI is InChI=1S/C13H16N2/c1-9-2-3-10(8-15-9)11-4-12-6-14-7-13(12)5-11/h2-4,8,11,13-14H,5-7H2,1H3. The summed E-state index contributed by atoms with van der Waals surface area (Å²) in [7, 11) is 0. The molecule has 78 valence electrons. The molecule has 0 bridgehead atoms. The first kappa shape index (κ1) is 9.10. The fraction of sp³-hybridized carbons (Fsp3) is 0.462. The summed E-state index contributed by atoms with van der Waals surface area (Å²) in [5.74, 6) is 1.40. The molecule has 0 aromatic carbocycles. The molecule has 1 saturated heterocycles. The van der Waals surface area contributed by atoms with Crippen molar-refractivity contribution in [3.05, 3.63) is 41.2 Å². The Balaban J connectivity index is 1.85. The van der Waals surface area contributed by atoms with Gasteiger partial charge in [0.05, 0.1) is 0 Å². The number of hydrogen-bond donors (Lipinski definition) is 1. The fourth-order valence-corrected chi connectivity index (χ4v) is 2.66. The van der Waals surface area contributed by atoms with Crippen LogP contribution in [0.1, 0.15) is 23.6 Å². The summed E-state index contributed by atoms with van der Waals surface area (Å²) in [4.78, 5) is 4.37. The van der Waals surface area contributed by atoms with Gasteiger partial charge < -0.3 is 5.32 Å². The van der Waals surface area contributed by atoms with E-state index in [1.54, 1.807) is 5.57 Å². The molecule has 1 aliphatic heterocycles. The van der Waals surface area contributed by atoms with Crippen LogP contribution in [0.25, 0.3) is 0 Å². The highest BCUT2D eigenvalue weighted by atomic mass is 14.9. The first-order valence-electron chi connectivity index (χ1n) is 5.67. The highest BCUT2D eigenvalue weighted by molar-refractivity contribution is 5.32. The Hall–Kier alpha value is -1.15. The van der Waals surface area contributed by atoms with Gasteiger partial charge in [-0.3, -0.25) is 4.98 Å². The molecule has 2 heterocycles. The largest absolute Gasteiger partial charge is 0.312 e. The van der Waals surface area contributed by atoms with E-state index in [0.29, 0.717) is 5.92 Å². The molecule has 2 unspecified atom stereocenters. The number of nitrogens with one attached hydrogen (secondary N) is 1. The fourth-order valence-electron chi connectivity index (χ4n) is 2.66. The van der Waals surface area contributed by atoms with Crippen molar-refractivity contribution in [2.75, 3.05) is 13.1 Å². The zero-order chi connectivity index (χ0) is 10.3. The van der Waals surface area contributed by atoms with E-state index in [1.807, 2.05) is 13.1 Å². The lowest BCUT2D eigenvalue weighted by molar-refractivity contribution is 0.595. The van der Waals surface area contributed by atoms with Gasteiger partial charge in [0, 0.05) is 30.9 Å². The van der Waals surface area contributed by atoms with Crippen molar-refractivity contribution < 1.29 is 0 Å². The van der Waals surface area contributed by atoms with Gasteiger partial charge in [0.1, 0.15) is 0 Å². The molecule has 1 aromatic heterocycles. The van der Waals surface area contributed by atoms with Crippen LogP contribution in [0.3, 0.4) is 0 Å². The molecular formula is C13H16N2. The highest BCUT2D eigenvalue weighted by Crippen LogP contribution is 2.38. The number of hydrogen-bond acceptors (Lipinski definition) is 2. The van der Waals surface area contributed by atoms with E-state index in [1.165, 1.54) is 18.5 Å². The molecule has 1 aromatic rings. The van der Waals surface area contributed by atoms with E-state index in [0.717, 1.165) is 18.2 Å². The van der Waals surface area contributed by atoms with Gasteiger partial charge in [0.2, 0.25) is 0 Å². The number of aromatic nitrogens is 1. The van der Waals surface area contributed by atoms with Crippen LogP contribution in [0.4, 0.5) is 0 Å². The molecule has 1 aliphatic carbocycles. The molecular weight excluding hydrogens is 184 g/mol. The number of rotatable bonds is 1. The number of nitrogens with zero attached hydrogens (tertiary/aromatic N) is 1. The van der Waals surface area contributed by atoms with E-state index in [4.69, 9.17) is 0 Å². The van der Waals surface area contributed by atoms with E-state index in [9.17, 15) is 0 Å². The molecule has 0 saturated carbocycles. The minimum absolute atomic E-state index is 0.611. The maximum absolute atomic E-state index is 4.37. The monoisotopic (exact) mass is 200 g/mol. The summed E-state index contributed by atoms with van der Waals surface area (Å²) in [5.41, 5.74) is 4.09. The topological polar surface area (TPSA) is 24.9 Å². The van der Waals surface area contributed by atoms with Gasteiger partial charge in [0.25, 0.3) is 0 Å². The van der Waals surface area contributed by atoms with Crippen LogP contribution in [0.5, 0.6) is 0 Å². The molecule has 0 spiro atoms. The predicted molar refractivity (Wildman–Crippen MR) is 60.8 cm³/mol. The van der Waals surface area contributed by atoms with E-state index < -0.39 is 0 Å². The van der Waals surface area contributed by atoms with Gasteiger partial charge in [-0.2, -0.15) is 0 Å². The lowest BCUT2D eigenvalue weighted by Crippen LogP contribution is -2.10. The Morgan fingerprint density at radius 1 is 1.40 bits per heavy atom. The van der Waals surface area contributed by atoms with Crippen molar-refractivity contribution in [1.82, 2.24) is 10.3 Å². The zero-order valence-electron chi connectivity index (χ0n) is 9.03. The van der Waals surface area contributed by atoms with Gasteiger partial charge >= 0.3 is 0 Å². The van der Waals surface area contributed by atoms with Crippen molar-refractivity contribution >= 4 is 0 Å². The molecule has 0 amide bonds. The number of allylic oxidation sites excluding steroid dienone is 1. The summed E-state index contributed by atoms with van der Waals surface area (Å²) in [6, 6.07) is 4.33. The Kier molecular flexibility index (Phi) is 2.10. The zero-order valence-corrected chi connectivity index (χ0v) is 9.03. The van der Waals surface area contributed by atoms with E-state index in [-0.39, 0.29) is 0 Å². The number of fused-ring (bicyclic) bond motifs is 1. The second kappa shape index (κ2) is 3.46. The SMILES string of the molecule is Cc1ccc(C2C=C3CNCC3C2)cn1. The Labute approximate surface area is 90.4 Å². The van der Waals surface area contributed by atoms with Gasteiger partial charge in [-0.15, -0.1) is 0 Å². The summed E-state index contributed by atoms with van der Waals surface area (Å²) in [6.45, 7) is 4.30. The molecule has 2 aliphatic rings. The summed E-state index contributed by atoms with van der Waals surface area (Å²) in [6.07, 6.45) is 5.75. The van der Waals surface area contributed by atoms with Crippen molar-refractivity contribution in [2.24, 2.45) is 5.92 Å². The predicted octanol–water partition coefficient (Wildman–Crippen LogP) is 2.02. The van der Waals surface area contributed by atoms with Crippen molar-refractivity contribution in [2.45, 2.75) is 19.3 Å². The average molecular weight is 200 g/mol. The van der Waals surface area contributed by atoms with Gasteiger partial charge in [-0.25, -0.2) is 0 Å². The lowest BCUT2D eigenvalue weighted by atomic mass is 9.97. The molecule has 1 N–H and O–H groups in total. The molecule has 2 nitrogen and oxygen atoms in total. The van der Waals surface area contributed by atoms with E-state index in [2.05, 4.69) is 28.5 Å². The van der Waals surface area contributed by atoms with Crippen LogP contribution in [-0.4, -0.2) is 18.1 Å². The lowest BCUT2D eigenvalue weighted by Gasteiger charge is -2.10. The van der Waals surface area contributed by atoms with Crippen LogP contribution in [0, 0.1) is 12.8 Å². The van der Waals surface area contributed by atoms with E-state index >= 15 is 0 Å². The van der Waals surface area contributed by atoms with Gasteiger partial charge in [-0.05, 0) is 30.9 Å². The normalized spacial score (nSPS) is 29.0. The van der Waals surface area contributed by atoms with Crippen LogP contribution in [0.2, 0.25) is 0 Å². The molecule has 2 atom stereocenters. The second-order valence-corrected chi connectivity index (χ2v) is 4.64. The molecule has 15 heavy (non-hydrogen) atoms. The smallest absolute Gasteiger partial charge is 0.0372 e. The molecule has 1 fully saturated rings. The third-order valence-corrected chi connectivity index (χ3v) is 3.56. The first-order valence-corrected chi connectivity index (χ1v) is 5.67. The third-order valence-electron chi connectivity index (χ3n) is 3.56. The average Bonchev–Trinajstić information content (AvgIpc) is 2.78. The summed E-state index contributed by atoms with van der Waals surface area (Å²) < 4.78 is 0. The minimum Gasteiger partial charge on any atom is -0.312 e. The Morgan fingerprint density at radius 3 is 3.07 bits per heavy atom. The van der Waals surface area contributed by atoms with Gasteiger partial charge in [-0.1, -0.05) is 17.7 Å². The minimum atomic E-state index is 0.611. The van der Waals surface area contributed by atoms with Crippen LogP contribution < -0.4 is 5.32 Å². The molecule has 2 heteroatoms.